The van der Waals surface area contributed by atoms with Crippen molar-refractivity contribution in [2.45, 2.75) is 13.2 Å². The van der Waals surface area contributed by atoms with Crippen molar-refractivity contribution in [2.24, 2.45) is 0 Å². The number of amides is 2. The molecule has 1 aliphatic rings. The van der Waals surface area contributed by atoms with Gasteiger partial charge >= 0.3 is 0 Å². The second-order valence-corrected chi connectivity index (χ2v) is 9.28. The molecule has 162 valence electrons. The van der Waals surface area contributed by atoms with Crippen LogP contribution in [-0.4, -0.2) is 16.0 Å². The molecule has 0 radical (unpaired) electrons. The highest BCUT2D eigenvalue weighted by molar-refractivity contribution is 9.10. The lowest BCUT2D eigenvalue weighted by Gasteiger charge is -2.12. The maximum atomic E-state index is 13.9. The largest absolute Gasteiger partial charge is 0.489 e. The zero-order chi connectivity index (χ0) is 22.7. The predicted molar refractivity (Wildman–Crippen MR) is 128 cm³/mol. The molecule has 32 heavy (non-hydrogen) atoms. The van der Waals surface area contributed by atoms with Crippen molar-refractivity contribution in [1.82, 2.24) is 4.90 Å². The standard InChI is InChI=1S/C24H16BrClFNO3S/c25-17-6-1-5-16(10-17)13-28-23(29)22(32-24(28)30)12-15-4-2-7-18(11-15)31-14-19-20(26)8-3-9-21(19)27/h1-12H,13-14H2/b22-12+. The summed E-state index contributed by atoms with van der Waals surface area (Å²) < 4.78 is 20.5. The lowest BCUT2D eigenvalue weighted by Crippen LogP contribution is -2.27. The van der Waals surface area contributed by atoms with Crippen LogP contribution in [0.3, 0.4) is 0 Å². The van der Waals surface area contributed by atoms with Gasteiger partial charge in [0.1, 0.15) is 18.2 Å². The van der Waals surface area contributed by atoms with Gasteiger partial charge < -0.3 is 4.74 Å². The first kappa shape index (κ1) is 22.6. The third-order valence-electron chi connectivity index (χ3n) is 4.70. The summed E-state index contributed by atoms with van der Waals surface area (Å²) in [7, 11) is 0. The van der Waals surface area contributed by atoms with Crippen molar-refractivity contribution in [3.63, 3.8) is 0 Å². The SMILES string of the molecule is O=C1S/C(=C/c2cccc(OCc3c(F)cccc3Cl)c2)C(=O)N1Cc1cccc(Br)c1. The van der Waals surface area contributed by atoms with Gasteiger partial charge in [0, 0.05) is 10.0 Å². The first-order valence-corrected chi connectivity index (χ1v) is 11.5. The van der Waals surface area contributed by atoms with Gasteiger partial charge in [-0.3, -0.25) is 14.5 Å². The smallest absolute Gasteiger partial charge is 0.293 e. The van der Waals surface area contributed by atoms with Crippen molar-refractivity contribution < 1.29 is 18.7 Å². The second kappa shape index (κ2) is 9.90. The quantitative estimate of drug-likeness (QED) is 0.319. The van der Waals surface area contributed by atoms with Crippen molar-refractivity contribution in [3.05, 3.63) is 104 Å². The molecule has 0 spiro atoms. The van der Waals surface area contributed by atoms with Crippen LogP contribution in [0.4, 0.5) is 9.18 Å². The Balaban J connectivity index is 1.48. The summed E-state index contributed by atoms with van der Waals surface area (Å²) in [6.07, 6.45) is 1.65. The number of halogens is 3. The number of thioether (sulfide) groups is 1. The minimum atomic E-state index is -0.437. The van der Waals surface area contributed by atoms with Gasteiger partial charge in [-0.15, -0.1) is 0 Å². The molecule has 2 amide bonds. The summed E-state index contributed by atoms with van der Waals surface area (Å²) in [5, 5.41) is -0.0249. The van der Waals surface area contributed by atoms with Crippen molar-refractivity contribution in [2.75, 3.05) is 0 Å². The summed E-state index contributed by atoms with van der Waals surface area (Å²) >= 11 is 10.3. The molecule has 0 atom stereocenters. The Morgan fingerprint density at radius 1 is 1.06 bits per heavy atom. The van der Waals surface area contributed by atoms with Gasteiger partial charge in [-0.05, 0) is 65.4 Å². The van der Waals surface area contributed by atoms with Crippen molar-refractivity contribution >= 4 is 56.5 Å². The fourth-order valence-electron chi connectivity index (χ4n) is 3.13. The number of hydrogen-bond donors (Lipinski definition) is 0. The lowest BCUT2D eigenvalue weighted by molar-refractivity contribution is -0.123. The van der Waals surface area contributed by atoms with Gasteiger partial charge in [0.25, 0.3) is 11.1 Å². The average molecular weight is 533 g/mol. The molecule has 8 heteroatoms. The minimum Gasteiger partial charge on any atom is -0.489 e. The van der Waals surface area contributed by atoms with Crippen LogP contribution in [0.15, 0.2) is 76.1 Å². The Bertz CT molecular complexity index is 1210. The summed E-state index contributed by atoms with van der Waals surface area (Å²) in [6.45, 7) is 0.173. The van der Waals surface area contributed by atoms with Crippen LogP contribution in [0.5, 0.6) is 5.75 Å². The fourth-order valence-corrected chi connectivity index (χ4v) is 4.63. The number of nitrogens with zero attached hydrogens (tertiary/aromatic N) is 1. The van der Waals surface area contributed by atoms with E-state index in [1.807, 2.05) is 24.3 Å². The van der Waals surface area contributed by atoms with E-state index < -0.39 is 5.82 Å². The van der Waals surface area contributed by atoms with E-state index >= 15 is 0 Å². The molecule has 0 N–H and O–H groups in total. The van der Waals surface area contributed by atoms with Crippen molar-refractivity contribution in [1.29, 1.82) is 0 Å². The Morgan fingerprint density at radius 2 is 1.84 bits per heavy atom. The topological polar surface area (TPSA) is 46.6 Å². The van der Waals surface area contributed by atoms with Gasteiger partial charge in [-0.1, -0.05) is 57.9 Å². The van der Waals surface area contributed by atoms with E-state index in [4.69, 9.17) is 16.3 Å². The molecule has 3 aromatic rings. The average Bonchev–Trinajstić information content (AvgIpc) is 3.01. The molecule has 0 aromatic heterocycles. The van der Waals surface area contributed by atoms with E-state index in [0.29, 0.717) is 21.2 Å². The molecule has 1 fully saturated rings. The van der Waals surface area contributed by atoms with E-state index in [-0.39, 0.29) is 29.9 Å². The zero-order valence-corrected chi connectivity index (χ0v) is 19.7. The molecule has 4 nitrogen and oxygen atoms in total. The molecule has 4 rings (SSSR count). The number of ether oxygens (including phenoxy) is 1. The van der Waals surface area contributed by atoms with Crippen LogP contribution in [0.25, 0.3) is 6.08 Å². The van der Waals surface area contributed by atoms with Gasteiger partial charge in [0.15, 0.2) is 0 Å². The maximum absolute atomic E-state index is 13.9. The first-order valence-electron chi connectivity index (χ1n) is 9.56. The molecule has 1 aliphatic heterocycles. The molecular weight excluding hydrogens is 517 g/mol. The monoisotopic (exact) mass is 531 g/mol. The van der Waals surface area contributed by atoms with Crippen LogP contribution < -0.4 is 4.74 Å². The van der Waals surface area contributed by atoms with Crippen LogP contribution in [0, 0.1) is 5.82 Å². The highest BCUT2D eigenvalue weighted by Gasteiger charge is 2.35. The Labute approximate surface area is 202 Å². The third-order valence-corrected chi connectivity index (χ3v) is 6.46. The molecule has 3 aromatic carbocycles. The summed E-state index contributed by atoms with van der Waals surface area (Å²) in [5.41, 5.74) is 1.81. The molecule has 0 bridgehead atoms. The van der Waals surface area contributed by atoms with E-state index in [1.54, 1.807) is 36.4 Å². The summed E-state index contributed by atoms with van der Waals surface area (Å²) in [4.78, 5) is 26.8. The fraction of sp³-hybridized carbons (Fsp3) is 0.0833. The summed E-state index contributed by atoms with van der Waals surface area (Å²) in [5.74, 6) is -0.288. The molecule has 0 aliphatic carbocycles. The molecule has 1 heterocycles. The maximum Gasteiger partial charge on any atom is 0.293 e. The van der Waals surface area contributed by atoms with Gasteiger partial charge in [0.05, 0.1) is 16.5 Å². The molecule has 0 saturated carbocycles. The number of carbonyl (C=O) groups is 2. The van der Waals surface area contributed by atoms with Gasteiger partial charge in [-0.25, -0.2) is 4.39 Å². The third kappa shape index (κ3) is 5.23. The number of benzene rings is 3. The van der Waals surface area contributed by atoms with Crippen LogP contribution in [-0.2, 0) is 17.9 Å². The zero-order valence-electron chi connectivity index (χ0n) is 16.6. The van der Waals surface area contributed by atoms with Gasteiger partial charge in [-0.2, -0.15) is 0 Å². The Hall–Kier alpha value is -2.61. The Morgan fingerprint density at radius 3 is 2.62 bits per heavy atom. The van der Waals surface area contributed by atoms with Crippen LogP contribution >= 0.6 is 39.3 Å². The highest BCUT2D eigenvalue weighted by atomic mass is 79.9. The Kier molecular flexibility index (Phi) is 6.98. The number of imide groups is 1. The molecule has 0 unspecified atom stereocenters. The molecule has 1 saturated heterocycles. The second-order valence-electron chi connectivity index (χ2n) is 6.96. The van der Waals surface area contributed by atoms with E-state index in [1.165, 1.54) is 17.0 Å². The van der Waals surface area contributed by atoms with Crippen molar-refractivity contribution in [3.8, 4) is 5.75 Å². The first-order chi connectivity index (χ1) is 15.4. The van der Waals surface area contributed by atoms with Crippen LogP contribution in [0.2, 0.25) is 5.02 Å². The lowest BCUT2D eigenvalue weighted by atomic mass is 10.2. The number of rotatable bonds is 6. The summed E-state index contributed by atoms with van der Waals surface area (Å²) in [6, 6.07) is 18.9. The van der Waals surface area contributed by atoms with Gasteiger partial charge in [0.2, 0.25) is 0 Å². The van der Waals surface area contributed by atoms with Crippen LogP contribution in [0.1, 0.15) is 16.7 Å². The van der Waals surface area contributed by atoms with E-state index in [0.717, 1.165) is 21.8 Å². The van der Waals surface area contributed by atoms with E-state index in [2.05, 4.69) is 15.9 Å². The number of hydrogen-bond acceptors (Lipinski definition) is 4. The normalized spacial score (nSPS) is 15.0. The van der Waals surface area contributed by atoms with E-state index in [9.17, 15) is 14.0 Å². The predicted octanol–water partition coefficient (Wildman–Crippen LogP) is 7.06. The molecular formula is C24H16BrClFNO3S. The minimum absolute atomic E-state index is 0.0297. The number of carbonyl (C=O) groups excluding carboxylic acids is 2. The highest BCUT2D eigenvalue weighted by Crippen LogP contribution is 2.34.